The zero-order valence-corrected chi connectivity index (χ0v) is 18.2. The van der Waals surface area contributed by atoms with Gasteiger partial charge >= 0.3 is 11.7 Å². The van der Waals surface area contributed by atoms with E-state index < -0.39 is 10.9 Å². The average molecular weight is 463 g/mol. The Bertz CT molecular complexity index is 1470. The van der Waals surface area contributed by atoms with Crippen molar-refractivity contribution in [1.29, 1.82) is 0 Å². The van der Waals surface area contributed by atoms with E-state index in [1.165, 1.54) is 22.9 Å². The molecule has 12 heteroatoms. The molecule has 3 aromatic heterocycles. The van der Waals surface area contributed by atoms with Crippen molar-refractivity contribution in [2.45, 2.75) is 19.0 Å². The fourth-order valence-corrected chi connectivity index (χ4v) is 4.51. The van der Waals surface area contributed by atoms with Gasteiger partial charge in [0.2, 0.25) is 0 Å². The van der Waals surface area contributed by atoms with E-state index in [2.05, 4.69) is 14.9 Å². The number of nitrogens with zero attached hydrogens (tertiary/aromatic N) is 7. The van der Waals surface area contributed by atoms with Crippen molar-refractivity contribution in [3.8, 4) is 5.69 Å². The molecule has 12 nitrogen and oxygen atoms in total. The van der Waals surface area contributed by atoms with Crippen LogP contribution >= 0.6 is 0 Å². The van der Waals surface area contributed by atoms with Crippen LogP contribution in [0, 0.1) is 10.1 Å². The number of carboxylic acids is 1. The molecule has 0 saturated carbocycles. The molecule has 0 spiro atoms. The summed E-state index contributed by atoms with van der Waals surface area (Å²) in [5.74, 6) is -0.394. The predicted molar refractivity (Wildman–Crippen MR) is 121 cm³/mol. The number of hydrogen-bond donors (Lipinski definition) is 1. The Hall–Kier alpha value is -4.32. The molecule has 0 bridgehead atoms. The number of likely N-dealkylation sites (tertiary alicyclic amines) is 1. The third-order valence-electron chi connectivity index (χ3n) is 6.23. The smallest absolute Gasteiger partial charge is 0.354 e. The molecule has 4 heterocycles. The first-order chi connectivity index (χ1) is 16.3. The van der Waals surface area contributed by atoms with Crippen LogP contribution in [0.3, 0.4) is 0 Å². The normalized spacial score (nSPS) is 16.3. The highest BCUT2D eigenvalue weighted by atomic mass is 16.6. The summed E-state index contributed by atoms with van der Waals surface area (Å²) in [5, 5.41) is 20.3. The molecule has 1 N–H and O–H groups in total. The minimum Gasteiger partial charge on any atom is -0.477 e. The Labute approximate surface area is 192 Å². The zero-order valence-electron chi connectivity index (χ0n) is 18.2. The zero-order chi connectivity index (χ0) is 24.0. The molecule has 1 atom stereocenters. The number of rotatable bonds is 6. The standard InChI is InChI=1S/C22H21N7O5/c1-25-18(21(30)31)11-24-19(25)13-26-10-8-16(12-26)28-20-17(3-2-9-23-20)27(22(28)32)14-4-6-15(7-5-14)29(33)34/h2-7,9,11,16H,8,10,12-13H2,1H3,(H,30,31)/t16-/m0/s1. The van der Waals surface area contributed by atoms with Gasteiger partial charge in [-0.3, -0.25) is 24.1 Å². The van der Waals surface area contributed by atoms with E-state index in [-0.39, 0.29) is 23.1 Å². The Kier molecular flexibility index (Phi) is 5.21. The van der Waals surface area contributed by atoms with Crippen LogP contribution in [-0.4, -0.2) is 57.7 Å². The molecule has 0 aliphatic carbocycles. The molecule has 1 aromatic carbocycles. The van der Waals surface area contributed by atoms with Crippen LogP contribution in [0.25, 0.3) is 16.9 Å². The quantitative estimate of drug-likeness (QED) is 0.338. The number of imidazole rings is 2. The minimum absolute atomic E-state index is 0.0505. The van der Waals surface area contributed by atoms with E-state index in [0.717, 1.165) is 0 Å². The summed E-state index contributed by atoms with van der Waals surface area (Å²) < 4.78 is 4.76. The maximum absolute atomic E-state index is 13.5. The van der Waals surface area contributed by atoms with Gasteiger partial charge in [0.25, 0.3) is 5.69 Å². The maximum Gasteiger partial charge on any atom is 0.354 e. The number of benzene rings is 1. The molecule has 34 heavy (non-hydrogen) atoms. The first-order valence-electron chi connectivity index (χ1n) is 10.6. The predicted octanol–water partition coefficient (Wildman–Crippen LogP) is 1.97. The van der Waals surface area contributed by atoms with Gasteiger partial charge in [-0.1, -0.05) is 0 Å². The van der Waals surface area contributed by atoms with Crippen molar-refractivity contribution >= 4 is 22.8 Å². The number of aromatic carboxylic acids is 1. The molecule has 174 valence electrons. The molecule has 0 unspecified atom stereocenters. The lowest BCUT2D eigenvalue weighted by Crippen LogP contribution is -2.29. The summed E-state index contributed by atoms with van der Waals surface area (Å²) in [7, 11) is 1.67. The van der Waals surface area contributed by atoms with Gasteiger partial charge in [-0.15, -0.1) is 0 Å². The number of carbonyl (C=O) groups is 1. The largest absolute Gasteiger partial charge is 0.477 e. The highest BCUT2D eigenvalue weighted by Gasteiger charge is 2.30. The van der Waals surface area contributed by atoms with Crippen molar-refractivity contribution in [2.24, 2.45) is 7.05 Å². The second kappa shape index (κ2) is 8.23. The Balaban J connectivity index is 1.47. The number of non-ortho nitro benzene ring substituents is 1. The fraction of sp³-hybridized carbons (Fsp3) is 0.273. The lowest BCUT2D eigenvalue weighted by atomic mass is 10.2. The Morgan fingerprint density at radius 1 is 1.24 bits per heavy atom. The summed E-state index contributed by atoms with van der Waals surface area (Å²) in [4.78, 5) is 46.2. The van der Waals surface area contributed by atoms with Crippen LogP contribution in [-0.2, 0) is 13.6 Å². The summed E-state index contributed by atoms with van der Waals surface area (Å²) in [5.41, 5.74) is 1.50. The fourth-order valence-electron chi connectivity index (χ4n) is 4.51. The van der Waals surface area contributed by atoms with E-state index in [1.54, 1.807) is 46.6 Å². The molecular formula is C22H21N7O5. The van der Waals surface area contributed by atoms with E-state index in [4.69, 9.17) is 0 Å². The third kappa shape index (κ3) is 3.53. The van der Waals surface area contributed by atoms with Gasteiger partial charge < -0.3 is 9.67 Å². The van der Waals surface area contributed by atoms with Gasteiger partial charge in [0.1, 0.15) is 11.5 Å². The van der Waals surface area contributed by atoms with Crippen LogP contribution in [0.5, 0.6) is 0 Å². The summed E-state index contributed by atoms with van der Waals surface area (Å²) in [6.07, 6.45) is 3.69. The number of aromatic nitrogens is 5. The number of hydrogen-bond acceptors (Lipinski definition) is 7. The SMILES string of the molecule is Cn1c(C(=O)O)cnc1CN1CC[C@H](n2c(=O)n(-c3ccc([N+](=O)[O-])cc3)c3cccnc32)C1. The molecule has 5 rings (SSSR count). The van der Waals surface area contributed by atoms with Gasteiger partial charge in [-0.25, -0.2) is 19.6 Å². The summed E-state index contributed by atoms with van der Waals surface area (Å²) in [6, 6.07) is 9.26. The van der Waals surface area contributed by atoms with E-state index in [1.807, 2.05) is 0 Å². The first kappa shape index (κ1) is 21.5. The molecule has 4 aromatic rings. The van der Waals surface area contributed by atoms with Crippen LogP contribution < -0.4 is 5.69 Å². The first-order valence-corrected chi connectivity index (χ1v) is 10.6. The Morgan fingerprint density at radius 2 is 2.00 bits per heavy atom. The number of carboxylic acid groups (broad SMARTS) is 1. The molecule has 1 fully saturated rings. The molecule has 1 saturated heterocycles. The van der Waals surface area contributed by atoms with Gasteiger partial charge in [0.05, 0.1) is 34.9 Å². The van der Waals surface area contributed by atoms with Crippen molar-refractivity contribution in [1.82, 2.24) is 28.6 Å². The van der Waals surface area contributed by atoms with Gasteiger partial charge in [-0.05, 0) is 30.7 Å². The minimum atomic E-state index is -1.03. The van der Waals surface area contributed by atoms with Crippen molar-refractivity contribution in [3.63, 3.8) is 0 Å². The average Bonchev–Trinajstić information content (AvgIpc) is 3.50. The second-order valence-corrected chi connectivity index (χ2v) is 8.21. The molecular weight excluding hydrogens is 442 g/mol. The van der Waals surface area contributed by atoms with Gasteiger partial charge in [0.15, 0.2) is 5.65 Å². The van der Waals surface area contributed by atoms with Crippen LogP contribution in [0.4, 0.5) is 5.69 Å². The maximum atomic E-state index is 13.5. The molecule has 0 amide bonds. The lowest BCUT2D eigenvalue weighted by Gasteiger charge is -2.16. The highest BCUT2D eigenvalue weighted by molar-refractivity contribution is 5.85. The van der Waals surface area contributed by atoms with E-state index in [0.29, 0.717) is 48.7 Å². The van der Waals surface area contributed by atoms with Crippen LogP contribution in [0.2, 0.25) is 0 Å². The Morgan fingerprint density at radius 3 is 2.68 bits per heavy atom. The molecule has 1 aliphatic rings. The number of nitro groups is 1. The monoisotopic (exact) mass is 463 g/mol. The van der Waals surface area contributed by atoms with Crippen LogP contribution in [0.1, 0.15) is 28.8 Å². The van der Waals surface area contributed by atoms with Gasteiger partial charge in [-0.2, -0.15) is 0 Å². The number of nitro benzene ring substituents is 1. The number of pyridine rings is 1. The van der Waals surface area contributed by atoms with Crippen molar-refractivity contribution in [3.05, 3.63) is 80.9 Å². The summed E-state index contributed by atoms with van der Waals surface area (Å²) >= 11 is 0. The molecule has 0 radical (unpaired) electrons. The van der Waals surface area contributed by atoms with Gasteiger partial charge in [0, 0.05) is 38.5 Å². The van der Waals surface area contributed by atoms with Crippen molar-refractivity contribution < 1.29 is 14.8 Å². The van der Waals surface area contributed by atoms with Crippen molar-refractivity contribution in [2.75, 3.05) is 13.1 Å². The molecule has 1 aliphatic heterocycles. The van der Waals surface area contributed by atoms with Crippen LogP contribution in [0.15, 0.2) is 53.6 Å². The van der Waals surface area contributed by atoms with E-state index in [9.17, 15) is 24.8 Å². The highest BCUT2D eigenvalue weighted by Crippen LogP contribution is 2.27. The number of fused-ring (bicyclic) bond motifs is 1. The second-order valence-electron chi connectivity index (χ2n) is 8.21. The third-order valence-corrected chi connectivity index (χ3v) is 6.23. The topological polar surface area (TPSA) is 141 Å². The van der Waals surface area contributed by atoms with E-state index >= 15 is 0 Å². The summed E-state index contributed by atoms with van der Waals surface area (Å²) in [6.45, 7) is 1.75. The lowest BCUT2D eigenvalue weighted by molar-refractivity contribution is -0.384.